The number of nitro benzene ring substituents is 1. The monoisotopic (exact) mass is 298 g/mol. The van der Waals surface area contributed by atoms with Gasteiger partial charge in [-0.05, 0) is 18.6 Å². The number of carboxylic acids is 1. The number of aryl methyl sites for hydroxylation is 1. The molecule has 2 rings (SSSR count). The summed E-state index contributed by atoms with van der Waals surface area (Å²) in [6.45, 7) is 1.52. The molecule has 1 amide bonds. The second kappa shape index (κ2) is 5.09. The molecule has 1 unspecified atom stereocenters. The first kappa shape index (κ1) is 14.3. The summed E-state index contributed by atoms with van der Waals surface area (Å²) >= 11 is 5.79. The van der Waals surface area contributed by atoms with Crippen LogP contribution >= 0.6 is 11.6 Å². The molecule has 1 atom stereocenters. The Morgan fingerprint density at radius 2 is 2.20 bits per heavy atom. The lowest BCUT2D eigenvalue weighted by molar-refractivity contribution is -0.384. The standard InChI is InChI=1S/C12H11ClN2O5/c1-6-2-8(13)4-9(15(19)20)11(6)14-5-7(12(17)18)3-10(14)16/h2,4,7H,3,5H2,1H3,(H,17,18). The highest BCUT2D eigenvalue weighted by Crippen LogP contribution is 2.37. The van der Waals surface area contributed by atoms with Gasteiger partial charge in [-0.1, -0.05) is 11.6 Å². The van der Waals surface area contributed by atoms with Gasteiger partial charge in [0.05, 0.1) is 10.8 Å². The van der Waals surface area contributed by atoms with E-state index < -0.39 is 22.7 Å². The zero-order valence-electron chi connectivity index (χ0n) is 10.5. The molecule has 1 aliphatic heterocycles. The summed E-state index contributed by atoms with van der Waals surface area (Å²) in [6, 6.07) is 2.66. The normalized spacial score (nSPS) is 18.4. The minimum absolute atomic E-state index is 0.0719. The number of carbonyl (C=O) groups is 2. The van der Waals surface area contributed by atoms with Crippen molar-refractivity contribution in [1.82, 2.24) is 0 Å². The van der Waals surface area contributed by atoms with Gasteiger partial charge in [0, 0.05) is 24.1 Å². The molecule has 0 aromatic heterocycles. The molecule has 0 spiro atoms. The molecule has 1 N–H and O–H groups in total. The number of benzene rings is 1. The number of aliphatic carboxylic acids is 1. The molecular formula is C12H11ClN2O5. The summed E-state index contributed by atoms with van der Waals surface area (Å²) in [5.74, 6) is -2.38. The Balaban J connectivity index is 2.50. The van der Waals surface area contributed by atoms with Crippen molar-refractivity contribution in [2.45, 2.75) is 13.3 Å². The molecule has 1 aromatic rings. The molecule has 1 fully saturated rings. The van der Waals surface area contributed by atoms with Crippen LogP contribution in [0.1, 0.15) is 12.0 Å². The van der Waals surface area contributed by atoms with Crippen LogP contribution in [-0.4, -0.2) is 28.5 Å². The predicted octanol–water partition coefficient (Wildman–Crippen LogP) is 1.99. The number of rotatable bonds is 3. The van der Waals surface area contributed by atoms with E-state index in [1.165, 1.54) is 6.07 Å². The van der Waals surface area contributed by atoms with E-state index in [2.05, 4.69) is 0 Å². The molecule has 1 aliphatic rings. The molecule has 0 bridgehead atoms. The average Bonchev–Trinajstić information content (AvgIpc) is 2.70. The number of nitrogens with zero attached hydrogens (tertiary/aromatic N) is 2. The quantitative estimate of drug-likeness (QED) is 0.679. The summed E-state index contributed by atoms with van der Waals surface area (Å²) < 4.78 is 0. The first-order valence-corrected chi connectivity index (χ1v) is 6.16. The molecule has 1 aromatic carbocycles. The summed E-state index contributed by atoms with van der Waals surface area (Å²) in [5.41, 5.74) is 0.283. The fourth-order valence-corrected chi connectivity index (χ4v) is 2.56. The van der Waals surface area contributed by atoms with Gasteiger partial charge in [0.1, 0.15) is 5.69 Å². The van der Waals surface area contributed by atoms with E-state index in [1.807, 2.05) is 0 Å². The van der Waals surface area contributed by atoms with Crippen molar-refractivity contribution in [3.8, 4) is 0 Å². The number of hydrogen-bond donors (Lipinski definition) is 1. The number of hydrogen-bond acceptors (Lipinski definition) is 4. The number of carboxylic acid groups (broad SMARTS) is 1. The maximum atomic E-state index is 11.9. The van der Waals surface area contributed by atoms with Gasteiger partial charge in [-0.3, -0.25) is 19.7 Å². The average molecular weight is 299 g/mol. The highest BCUT2D eigenvalue weighted by atomic mass is 35.5. The van der Waals surface area contributed by atoms with E-state index in [1.54, 1.807) is 6.92 Å². The van der Waals surface area contributed by atoms with Crippen LogP contribution in [0.3, 0.4) is 0 Å². The third-order valence-corrected chi connectivity index (χ3v) is 3.40. The van der Waals surface area contributed by atoms with Gasteiger partial charge in [-0.15, -0.1) is 0 Å². The lowest BCUT2D eigenvalue weighted by Gasteiger charge is -2.18. The minimum Gasteiger partial charge on any atom is -0.481 e. The van der Waals surface area contributed by atoms with Gasteiger partial charge < -0.3 is 10.0 Å². The second-order valence-corrected chi connectivity index (χ2v) is 5.03. The number of nitro groups is 1. The van der Waals surface area contributed by atoms with Crippen LogP contribution in [0.2, 0.25) is 5.02 Å². The summed E-state index contributed by atoms with van der Waals surface area (Å²) in [6.07, 6.45) is -0.158. The Morgan fingerprint density at radius 1 is 1.55 bits per heavy atom. The van der Waals surface area contributed by atoms with Gasteiger partial charge in [0.2, 0.25) is 5.91 Å². The topological polar surface area (TPSA) is 101 Å². The maximum absolute atomic E-state index is 11.9. The summed E-state index contributed by atoms with van der Waals surface area (Å²) in [7, 11) is 0. The van der Waals surface area contributed by atoms with Crippen LogP contribution in [-0.2, 0) is 9.59 Å². The fourth-order valence-electron chi connectivity index (χ4n) is 2.30. The Labute approximate surface area is 118 Å². The fraction of sp³-hybridized carbons (Fsp3) is 0.333. The summed E-state index contributed by atoms with van der Waals surface area (Å²) in [5, 5.41) is 20.2. The molecule has 0 saturated carbocycles. The van der Waals surface area contributed by atoms with E-state index in [-0.39, 0.29) is 29.4 Å². The van der Waals surface area contributed by atoms with Crippen molar-refractivity contribution in [1.29, 1.82) is 0 Å². The van der Waals surface area contributed by atoms with Crippen molar-refractivity contribution in [2.75, 3.05) is 11.4 Å². The van der Waals surface area contributed by atoms with Crippen molar-refractivity contribution >= 4 is 34.9 Å². The predicted molar refractivity (Wildman–Crippen MR) is 70.9 cm³/mol. The van der Waals surface area contributed by atoms with E-state index in [4.69, 9.17) is 16.7 Å². The molecule has 1 saturated heterocycles. The van der Waals surface area contributed by atoms with Crippen LogP contribution in [0, 0.1) is 23.0 Å². The van der Waals surface area contributed by atoms with E-state index in [0.717, 1.165) is 11.0 Å². The second-order valence-electron chi connectivity index (χ2n) is 4.59. The SMILES string of the molecule is Cc1cc(Cl)cc([N+](=O)[O-])c1N1CC(C(=O)O)CC1=O. The number of anilines is 1. The van der Waals surface area contributed by atoms with Crippen molar-refractivity contribution < 1.29 is 19.6 Å². The van der Waals surface area contributed by atoms with Crippen molar-refractivity contribution in [2.24, 2.45) is 5.92 Å². The minimum atomic E-state index is -1.09. The Morgan fingerprint density at radius 3 is 2.70 bits per heavy atom. The van der Waals surface area contributed by atoms with Crippen LogP contribution in [0.25, 0.3) is 0 Å². The highest BCUT2D eigenvalue weighted by Gasteiger charge is 2.38. The number of carbonyl (C=O) groups excluding carboxylic acids is 1. The lowest BCUT2D eigenvalue weighted by Crippen LogP contribution is -2.27. The maximum Gasteiger partial charge on any atom is 0.308 e. The molecule has 8 heteroatoms. The zero-order valence-corrected chi connectivity index (χ0v) is 11.3. The molecule has 0 radical (unpaired) electrons. The van der Waals surface area contributed by atoms with Crippen LogP contribution < -0.4 is 4.90 Å². The Hall–Kier alpha value is -2.15. The molecule has 106 valence electrons. The Kier molecular flexibility index (Phi) is 3.63. The number of amides is 1. The van der Waals surface area contributed by atoms with Crippen LogP contribution in [0.4, 0.5) is 11.4 Å². The Bertz CT molecular complexity index is 616. The van der Waals surface area contributed by atoms with Gasteiger partial charge in [-0.2, -0.15) is 0 Å². The third kappa shape index (κ3) is 2.44. The molecular weight excluding hydrogens is 288 g/mol. The highest BCUT2D eigenvalue weighted by molar-refractivity contribution is 6.31. The lowest BCUT2D eigenvalue weighted by atomic mass is 10.1. The van der Waals surface area contributed by atoms with Gasteiger partial charge in [0.25, 0.3) is 5.69 Å². The molecule has 20 heavy (non-hydrogen) atoms. The van der Waals surface area contributed by atoms with Gasteiger partial charge in [-0.25, -0.2) is 0 Å². The van der Waals surface area contributed by atoms with Crippen molar-refractivity contribution in [3.63, 3.8) is 0 Å². The smallest absolute Gasteiger partial charge is 0.308 e. The third-order valence-electron chi connectivity index (χ3n) is 3.19. The molecule has 0 aliphatic carbocycles. The largest absolute Gasteiger partial charge is 0.481 e. The first-order chi connectivity index (χ1) is 9.31. The van der Waals surface area contributed by atoms with Crippen molar-refractivity contribution in [3.05, 3.63) is 32.8 Å². The van der Waals surface area contributed by atoms with Gasteiger partial charge in [0.15, 0.2) is 0 Å². The molecule has 7 nitrogen and oxygen atoms in total. The van der Waals surface area contributed by atoms with Crippen LogP contribution in [0.5, 0.6) is 0 Å². The van der Waals surface area contributed by atoms with E-state index in [9.17, 15) is 19.7 Å². The molecule has 1 heterocycles. The van der Waals surface area contributed by atoms with E-state index >= 15 is 0 Å². The first-order valence-electron chi connectivity index (χ1n) is 5.79. The van der Waals surface area contributed by atoms with Gasteiger partial charge >= 0.3 is 5.97 Å². The summed E-state index contributed by atoms with van der Waals surface area (Å²) in [4.78, 5) is 34.5. The van der Waals surface area contributed by atoms with E-state index in [0.29, 0.717) is 5.56 Å². The number of halogens is 1. The van der Waals surface area contributed by atoms with Crippen LogP contribution in [0.15, 0.2) is 12.1 Å². The zero-order chi connectivity index (χ0) is 15.0.